The van der Waals surface area contributed by atoms with Crippen LogP contribution in [0, 0.1) is 6.92 Å². The molecule has 2 rings (SSSR count). The zero-order chi connectivity index (χ0) is 15.9. The third-order valence-electron chi connectivity index (χ3n) is 2.87. The Bertz CT molecular complexity index is 642. The zero-order valence-corrected chi connectivity index (χ0v) is 13.0. The lowest BCUT2D eigenvalue weighted by atomic mass is 10.3. The normalized spacial score (nSPS) is 10.2. The molecule has 0 aliphatic rings. The third kappa shape index (κ3) is 4.85. The van der Waals surface area contributed by atoms with Gasteiger partial charge in [-0.2, -0.15) is 0 Å². The van der Waals surface area contributed by atoms with Crippen molar-refractivity contribution >= 4 is 34.0 Å². The molecule has 0 atom stereocenters. The van der Waals surface area contributed by atoms with Crippen molar-refractivity contribution in [1.29, 1.82) is 0 Å². The van der Waals surface area contributed by atoms with Crippen LogP contribution in [0.1, 0.15) is 12.1 Å². The number of benzene rings is 1. The van der Waals surface area contributed by atoms with E-state index in [9.17, 15) is 9.59 Å². The molecule has 2 N–H and O–H groups in total. The number of aromatic nitrogens is 1. The summed E-state index contributed by atoms with van der Waals surface area (Å²) in [6.45, 7) is 2.17. The average molecular weight is 319 g/mol. The second-order valence-corrected chi connectivity index (χ2v) is 5.59. The molecule has 0 fully saturated rings. The van der Waals surface area contributed by atoms with Gasteiger partial charge in [-0.3, -0.25) is 9.59 Å². The molecule has 22 heavy (non-hydrogen) atoms. The fourth-order valence-corrected chi connectivity index (χ4v) is 2.69. The molecule has 2 aromatic rings. The highest BCUT2D eigenvalue weighted by molar-refractivity contribution is 7.13. The minimum Gasteiger partial charge on any atom is -0.481 e. The molecule has 1 aromatic heterocycles. The fraction of sp³-hybridized carbons (Fsp3) is 0.267. The molecular formula is C15H17N3O3S. The van der Waals surface area contributed by atoms with Crippen LogP contribution in [-0.4, -0.2) is 35.1 Å². The van der Waals surface area contributed by atoms with Crippen LogP contribution in [0.5, 0.6) is 0 Å². The van der Waals surface area contributed by atoms with Crippen LogP contribution in [0.2, 0.25) is 0 Å². The van der Waals surface area contributed by atoms with Crippen LogP contribution >= 0.6 is 11.3 Å². The van der Waals surface area contributed by atoms with Crippen molar-refractivity contribution in [2.45, 2.75) is 13.3 Å². The molecule has 1 heterocycles. The van der Waals surface area contributed by atoms with Crippen molar-refractivity contribution in [2.75, 3.05) is 23.3 Å². The van der Waals surface area contributed by atoms with Crippen LogP contribution in [0.25, 0.3) is 0 Å². The quantitative estimate of drug-likeness (QED) is 0.818. The minimum atomic E-state index is -0.901. The Morgan fingerprint density at radius 2 is 2.05 bits per heavy atom. The number of para-hydroxylation sites is 1. The zero-order valence-electron chi connectivity index (χ0n) is 12.2. The number of hydrogen-bond acceptors (Lipinski definition) is 5. The molecule has 0 saturated heterocycles. The van der Waals surface area contributed by atoms with E-state index in [4.69, 9.17) is 5.11 Å². The largest absolute Gasteiger partial charge is 0.481 e. The second-order valence-electron chi connectivity index (χ2n) is 4.75. The summed E-state index contributed by atoms with van der Waals surface area (Å²) in [5.41, 5.74) is 1.56. The molecule has 0 unspecified atom stereocenters. The van der Waals surface area contributed by atoms with Gasteiger partial charge >= 0.3 is 5.97 Å². The Labute approximate surface area is 132 Å². The second kappa shape index (κ2) is 7.56. The smallest absolute Gasteiger partial charge is 0.305 e. The van der Waals surface area contributed by atoms with Crippen LogP contribution < -0.4 is 10.2 Å². The van der Waals surface area contributed by atoms with Crippen LogP contribution in [0.15, 0.2) is 35.7 Å². The SMILES string of the molecule is Cc1csc(N(CCC(=O)O)CC(=O)Nc2ccccc2)n1. The third-order valence-corrected chi connectivity index (χ3v) is 3.88. The number of rotatable bonds is 7. The average Bonchev–Trinajstić information content (AvgIpc) is 2.91. The molecule has 116 valence electrons. The highest BCUT2D eigenvalue weighted by Crippen LogP contribution is 2.20. The van der Waals surface area contributed by atoms with Gasteiger partial charge in [-0.25, -0.2) is 4.98 Å². The Balaban J connectivity index is 2.02. The first-order chi connectivity index (χ1) is 10.5. The fourth-order valence-electron chi connectivity index (χ4n) is 1.86. The predicted octanol–water partition coefficient (Wildman–Crippen LogP) is 2.37. The van der Waals surface area contributed by atoms with E-state index in [1.165, 1.54) is 11.3 Å². The Hall–Kier alpha value is -2.41. The van der Waals surface area contributed by atoms with E-state index in [2.05, 4.69) is 10.3 Å². The Kier molecular flexibility index (Phi) is 5.48. The number of aryl methyl sites for hydroxylation is 1. The molecule has 1 amide bonds. The monoisotopic (exact) mass is 319 g/mol. The van der Waals surface area contributed by atoms with Crippen molar-refractivity contribution in [3.63, 3.8) is 0 Å². The highest BCUT2D eigenvalue weighted by atomic mass is 32.1. The summed E-state index contributed by atoms with van der Waals surface area (Å²) in [5, 5.41) is 14.2. The predicted molar refractivity (Wildman–Crippen MR) is 86.4 cm³/mol. The highest BCUT2D eigenvalue weighted by Gasteiger charge is 2.16. The topological polar surface area (TPSA) is 82.5 Å². The van der Waals surface area contributed by atoms with Gasteiger partial charge < -0.3 is 15.3 Å². The molecule has 7 heteroatoms. The molecule has 0 saturated carbocycles. The van der Waals surface area contributed by atoms with E-state index in [0.717, 1.165) is 5.69 Å². The lowest BCUT2D eigenvalue weighted by molar-refractivity contribution is -0.136. The lowest BCUT2D eigenvalue weighted by Crippen LogP contribution is -2.34. The lowest BCUT2D eigenvalue weighted by Gasteiger charge is -2.20. The number of anilines is 2. The summed E-state index contributed by atoms with van der Waals surface area (Å²) in [5.74, 6) is -1.11. The number of carbonyl (C=O) groups is 2. The summed E-state index contributed by atoms with van der Waals surface area (Å²) in [6.07, 6.45) is -0.0444. The molecule has 1 aromatic carbocycles. The molecule has 0 bridgehead atoms. The van der Waals surface area contributed by atoms with E-state index in [1.807, 2.05) is 30.5 Å². The van der Waals surface area contributed by atoms with E-state index >= 15 is 0 Å². The maximum Gasteiger partial charge on any atom is 0.305 e. The maximum atomic E-state index is 12.1. The van der Waals surface area contributed by atoms with Gasteiger partial charge in [0, 0.05) is 17.6 Å². The number of carboxylic acid groups (broad SMARTS) is 1. The van der Waals surface area contributed by atoms with Crippen molar-refractivity contribution < 1.29 is 14.7 Å². The number of carboxylic acids is 1. The molecule has 0 spiro atoms. The van der Waals surface area contributed by atoms with E-state index in [1.54, 1.807) is 17.0 Å². The van der Waals surface area contributed by atoms with Gasteiger partial charge in [-0.05, 0) is 19.1 Å². The standard InChI is InChI=1S/C15H17N3O3S/c1-11-10-22-15(16-11)18(8-7-14(20)21)9-13(19)17-12-5-3-2-4-6-12/h2-6,10H,7-9H2,1H3,(H,17,19)(H,20,21). The molecule has 0 aliphatic heterocycles. The molecule has 6 nitrogen and oxygen atoms in total. The first-order valence-corrected chi connectivity index (χ1v) is 7.66. The summed E-state index contributed by atoms with van der Waals surface area (Å²) < 4.78 is 0. The van der Waals surface area contributed by atoms with Crippen molar-refractivity contribution in [2.24, 2.45) is 0 Å². The first-order valence-electron chi connectivity index (χ1n) is 6.78. The number of carbonyl (C=O) groups excluding carboxylic acids is 1. The number of nitrogens with one attached hydrogen (secondary N) is 1. The number of amides is 1. The summed E-state index contributed by atoms with van der Waals surface area (Å²) in [4.78, 5) is 28.9. The van der Waals surface area contributed by atoms with Gasteiger partial charge in [-0.1, -0.05) is 18.2 Å². The van der Waals surface area contributed by atoms with E-state index in [0.29, 0.717) is 10.8 Å². The van der Waals surface area contributed by atoms with Crippen molar-refractivity contribution in [3.05, 3.63) is 41.4 Å². The van der Waals surface area contributed by atoms with Gasteiger partial charge in [0.1, 0.15) is 0 Å². The van der Waals surface area contributed by atoms with Crippen LogP contribution in [0.4, 0.5) is 10.8 Å². The molecule has 0 radical (unpaired) electrons. The van der Waals surface area contributed by atoms with Gasteiger partial charge in [0.05, 0.1) is 18.7 Å². The number of nitrogens with zero attached hydrogens (tertiary/aromatic N) is 2. The van der Waals surface area contributed by atoms with Crippen molar-refractivity contribution in [1.82, 2.24) is 4.98 Å². The van der Waals surface area contributed by atoms with Gasteiger partial charge in [0.25, 0.3) is 0 Å². The van der Waals surface area contributed by atoms with Gasteiger partial charge in [-0.15, -0.1) is 11.3 Å². The minimum absolute atomic E-state index is 0.0444. The van der Waals surface area contributed by atoms with E-state index < -0.39 is 5.97 Å². The maximum absolute atomic E-state index is 12.1. The van der Waals surface area contributed by atoms with Crippen LogP contribution in [0.3, 0.4) is 0 Å². The number of aliphatic carboxylic acids is 1. The van der Waals surface area contributed by atoms with Gasteiger partial charge in [0.2, 0.25) is 5.91 Å². The summed E-state index contributed by atoms with van der Waals surface area (Å²) >= 11 is 1.40. The van der Waals surface area contributed by atoms with Crippen LogP contribution in [-0.2, 0) is 9.59 Å². The summed E-state index contributed by atoms with van der Waals surface area (Å²) in [7, 11) is 0. The Morgan fingerprint density at radius 3 is 2.64 bits per heavy atom. The summed E-state index contributed by atoms with van der Waals surface area (Å²) in [6, 6.07) is 9.14. The molecular weight excluding hydrogens is 302 g/mol. The van der Waals surface area contributed by atoms with Gasteiger partial charge in [0.15, 0.2) is 5.13 Å². The Morgan fingerprint density at radius 1 is 1.32 bits per heavy atom. The number of hydrogen-bond donors (Lipinski definition) is 2. The first kappa shape index (κ1) is 16.0. The number of thiazole rings is 1. The molecule has 0 aliphatic carbocycles. The van der Waals surface area contributed by atoms with Crippen molar-refractivity contribution in [3.8, 4) is 0 Å². The van der Waals surface area contributed by atoms with E-state index in [-0.39, 0.29) is 25.4 Å².